The molecule has 0 aliphatic carbocycles. The van der Waals surface area contributed by atoms with E-state index in [9.17, 15) is 18.0 Å². The van der Waals surface area contributed by atoms with Crippen molar-refractivity contribution in [1.29, 1.82) is 0 Å². The smallest absolute Gasteiger partial charge is 0.259 e. The number of nitrogens with one attached hydrogen (secondary N) is 1. The van der Waals surface area contributed by atoms with Crippen LogP contribution in [0, 0.1) is 24.4 Å². The maximum absolute atomic E-state index is 13.4. The summed E-state index contributed by atoms with van der Waals surface area (Å²) in [5.41, 5.74) is 0.262. The third-order valence-corrected chi connectivity index (χ3v) is 2.44. The van der Waals surface area contributed by atoms with E-state index in [0.29, 0.717) is 6.07 Å². The topological polar surface area (TPSA) is 42.0 Å². The normalized spacial score (nSPS) is 10.3. The van der Waals surface area contributed by atoms with Crippen LogP contribution in [0.5, 0.6) is 0 Å². The molecule has 2 rings (SSSR count). The van der Waals surface area contributed by atoms with Crippen molar-refractivity contribution in [1.82, 2.24) is 4.98 Å². The largest absolute Gasteiger partial charge is 0.306 e. The van der Waals surface area contributed by atoms with E-state index in [-0.39, 0.29) is 5.82 Å². The van der Waals surface area contributed by atoms with Gasteiger partial charge in [-0.2, -0.15) is 0 Å². The molecule has 0 bridgehead atoms. The Labute approximate surface area is 107 Å². The molecule has 2 aromatic rings. The molecule has 3 nitrogen and oxygen atoms in total. The fourth-order valence-corrected chi connectivity index (χ4v) is 1.49. The van der Waals surface area contributed by atoms with Gasteiger partial charge in [0.25, 0.3) is 5.91 Å². The monoisotopic (exact) mass is 266 g/mol. The highest BCUT2D eigenvalue weighted by molar-refractivity contribution is 6.03. The molecule has 0 aliphatic heterocycles. The summed E-state index contributed by atoms with van der Waals surface area (Å²) in [6, 6.07) is 4.85. The van der Waals surface area contributed by atoms with Crippen LogP contribution >= 0.6 is 0 Å². The van der Waals surface area contributed by atoms with Crippen molar-refractivity contribution < 1.29 is 18.0 Å². The number of halogens is 3. The Balaban J connectivity index is 2.28. The number of carbonyl (C=O) groups is 1. The minimum atomic E-state index is -1.68. The van der Waals surface area contributed by atoms with E-state index in [1.165, 1.54) is 6.20 Å². The number of anilines is 1. The lowest BCUT2D eigenvalue weighted by atomic mass is 10.2. The van der Waals surface area contributed by atoms with Gasteiger partial charge in [-0.05, 0) is 36.8 Å². The van der Waals surface area contributed by atoms with Crippen molar-refractivity contribution in [3.8, 4) is 0 Å². The Hall–Kier alpha value is -2.37. The van der Waals surface area contributed by atoms with E-state index in [1.54, 1.807) is 19.1 Å². The average molecular weight is 266 g/mol. The molecule has 1 aromatic heterocycles. The van der Waals surface area contributed by atoms with Crippen LogP contribution in [-0.4, -0.2) is 10.9 Å². The van der Waals surface area contributed by atoms with Gasteiger partial charge in [0, 0.05) is 6.20 Å². The number of pyridine rings is 1. The van der Waals surface area contributed by atoms with E-state index in [1.807, 2.05) is 0 Å². The van der Waals surface area contributed by atoms with E-state index < -0.39 is 28.9 Å². The van der Waals surface area contributed by atoms with E-state index >= 15 is 0 Å². The van der Waals surface area contributed by atoms with Crippen molar-refractivity contribution in [3.05, 3.63) is 59.0 Å². The van der Waals surface area contributed by atoms with Crippen LogP contribution in [0.3, 0.4) is 0 Å². The molecule has 1 heterocycles. The molecule has 98 valence electrons. The van der Waals surface area contributed by atoms with E-state index in [2.05, 4.69) is 10.3 Å². The molecule has 0 radical (unpaired) electrons. The SMILES string of the molecule is Cc1ccnc(NC(=O)c2ccc(F)c(F)c2F)c1. The lowest BCUT2D eigenvalue weighted by molar-refractivity contribution is 0.102. The summed E-state index contributed by atoms with van der Waals surface area (Å²) in [6.07, 6.45) is 1.46. The van der Waals surface area contributed by atoms with E-state index in [4.69, 9.17) is 0 Å². The summed E-state index contributed by atoms with van der Waals surface area (Å²) in [5, 5.41) is 2.31. The maximum Gasteiger partial charge on any atom is 0.259 e. The second kappa shape index (κ2) is 5.09. The minimum Gasteiger partial charge on any atom is -0.306 e. The molecule has 1 amide bonds. The van der Waals surface area contributed by atoms with Gasteiger partial charge >= 0.3 is 0 Å². The molecular formula is C13H9F3N2O. The van der Waals surface area contributed by atoms with Gasteiger partial charge in [0.2, 0.25) is 0 Å². The number of hydrogen-bond donors (Lipinski definition) is 1. The molecule has 0 aliphatic rings. The molecule has 1 aromatic carbocycles. The van der Waals surface area contributed by atoms with Crippen molar-refractivity contribution in [2.45, 2.75) is 6.92 Å². The molecule has 19 heavy (non-hydrogen) atoms. The summed E-state index contributed by atoms with van der Waals surface area (Å²) < 4.78 is 39.2. The van der Waals surface area contributed by atoms with Crippen molar-refractivity contribution in [2.75, 3.05) is 5.32 Å². The van der Waals surface area contributed by atoms with Gasteiger partial charge in [-0.1, -0.05) is 0 Å². The third-order valence-electron chi connectivity index (χ3n) is 2.44. The number of nitrogens with zero attached hydrogens (tertiary/aromatic N) is 1. The first-order valence-corrected chi connectivity index (χ1v) is 5.36. The van der Waals surface area contributed by atoms with Crippen LogP contribution in [0.15, 0.2) is 30.5 Å². The number of aryl methyl sites for hydroxylation is 1. The fraction of sp³-hybridized carbons (Fsp3) is 0.0769. The van der Waals surface area contributed by atoms with Gasteiger partial charge in [-0.25, -0.2) is 18.2 Å². The molecule has 0 unspecified atom stereocenters. The van der Waals surface area contributed by atoms with Crippen molar-refractivity contribution in [3.63, 3.8) is 0 Å². The van der Waals surface area contributed by atoms with Gasteiger partial charge in [0.1, 0.15) is 5.82 Å². The first-order chi connectivity index (χ1) is 8.99. The quantitative estimate of drug-likeness (QED) is 0.849. The Morgan fingerprint density at radius 2 is 1.89 bits per heavy atom. The van der Waals surface area contributed by atoms with Crippen LogP contribution < -0.4 is 5.32 Å². The minimum absolute atomic E-state index is 0.203. The van der Waals surface area contributed by atoms with Gasteiger partial charge < -0.3 is 5.32 Å². The predicted octanol–water partition coefficient (Wildman–Crippen LogP) is 3.06. The van der Waals surface area contributed by atoms with Gasteiger partial charge in [0.15, 0.2) is 17.5 Å². The number of benzene rings is 1. The molecule has 1 N–H and O–H groups in total. The highest BCUT2D eigenvalue weighted by Gasteiger charge is 2.19. The maximum atomic E-state index is 13.4. The zero-order valence-electron chi connectivity index (χ0n) is 9.88. The first kappa shape index (κ1) is 13.1. The highest BCUT2D eigenvalue weighted by Crippen LogP contribution is 2.16. The summed E-state index contributed by atoms with van der Waals surface area (Å²) in [4.78, 5) is 15.6. The second-order valence-electron chi connectivity index (χ2n) is 3.90. The average Bonchev–Trinajstić information content (AvgIpc) is 2.36. The highest BCUT2D eigenvalue weighted by atomic mass is 19.2. The second-order valence-corrected chi connectivity index (χ2v) is 3.90. The number of carbonyl (C=O) groups excluding carboxylic acids is 1. The van der Waals surface area contributed by atoms with Crippen molar-refractivity contribution in [2.24, 2.45) is 0 Å². The lowest BCUT2D eigenvalue weighted by Crippen LogP contribution is -2.16. The van der Waals surface area contributed by atoms with Crippen LogP contribution in [0.1, 0.15) is 15.9 Å². The Morgan fingerprint density at radius 3 is 2.58 bits per heavy atom. The standard InChI is InChI=1S/C13H9F3N2O/c1-7-4-5-17-10(6-7)18-13(19)8-2-3-9(14)12(16)11(8)15/h2-6H,1H3,(H,17,18,19). The summed E-state index contributed by atoms with van der Waals surface area (Å²) in [7, 11) is 0. The summed E-state index contributed by atoms with van der Waals surface area (Å²) in [6.45, 7) is 1.79. The van der Waals surface area contributed by atoms with Gasteiger partial charge in [-0.3, -0.25) is 4.79 Å². The zero-order valence-corrected chi connectivity index (χ0v) is 9.88. The Morgan fingerprint density at radius 1 is 1.16 bits per heavy atom. The molecule has 0 spiro atoms. The lowest BCUT2D eigenvalue weighted by Gasteiger charge is -2.06. The van der Waals surface area contributed by atoms with Crippen LogP contribution in [0.25, 0.3) is 0 Å². The van der Waals surface area contributed by atoms with Crippen molar-refractivity contribution >= 4 is 11.7 Å². The number of hydrogen-bond acceptors (Lipinski definition) is 2. The van der Waals surface area contributed by atoms with Gasteiger partial charge in [0.05, 0.1) is 5.56 Å². The fourth-order valence-electron chi connectivity index (χ4n) is 1.49. The molecule has 0 atom stereocenters. The zero-order chi connectivity index (χ0) is 14.0. The first-order valence-electron chi connectivity index (χ1n) is 5.36. The Kier molecular flexibility index (Phi) is 3.50. The van der Waals surface area contributed by atoms with Gasteiger partial charge in [-0.15, -0.1) is 0 Å². The summed E-state index contributed by atoms with van der Waals surface area (Å²) in [5.74, 6) is -5.23. The number of amides is 1. The van der Waals surface area contributed by atoms with Crippen LogP contribution in [0.2, 0.25) is 0 Å². The molecular weight excluding hydrogens is 257 g/mol. The molecule has 0 fully saturated rings. The van der Waals surface area contributed by atoms with Crippen LogP contribution in [0.4, 0.5) is 19.0 Å². The molecule has 0 saturated heterocycles. The summed E-state index contributed by atoms with van der Waals surface area (Å²) >= 11 is 0. The van der Waals surface area contributed by atoms with Crippen LogP contribution in [-0.2, 0) is 0 Å². The number of rotatable bonds is 2. The van der Waals surface area contributed by atoms with E-state index in [0.717, 1.165) is 11.6 Å². The molecule has 6 heteroatoms. The third kappa shape index (κ3) is 2.73. The Bertz CT molecular complexity index is 644. The predicted molar refractivity (Wildman–Crippen MR) is 63.2 cm³/mol. The molecule has 0 saturated carbocycles. The number of aromatic nitrogens is 1.